The molecule has 22 heavy (non-hydrogen) atoms. The number of benzene rings is 2. The Labute approximate surface area is 145 Å². The minimum absolute atomic E-state index is 0.0727. The lowest BCUT2D eigenvalue weighted by molar-refractivity contribution is 0.262. The maximum atomic E-state index is 11.8. The number of hydrogen-bond acceptors (Lipinski definition) is 3. The van der Waals surface area contributed by atoms with E-state index in [0.29, 0.717) is 11.4 Å². The van der Waals surface area contributed by atoms with E-state index in [1.165, 1.54) is 18.2 Å². The number of hydrogen-bond donors (Lipinski definition) is 2. The number of anilines is 2. The van der Waals surface area contributed by atoms with Crippen LogP contribution in [0.1, 0.15) is 0 Å². The van der Waals surface area contributed by atoms with E-state index < -0.39 is 15.1 Å². The molecule has 0 aliphatic carbocycles. The number of carbonyl (C=O) groups excluding carboxylic acids is 1. The second-order valence-corrected chi connectivity index (χ2v) is 8.03. The van der Waals surface area contributed by atoms with Gasteiger partial charge in [-0.05, 0) is 42.5 Å². The standard InChI is InChI=1S/C13H9BrCl2N2O3S/c14-8-1-3-9(4-2-8)17-13(19)18-10-5-6-12(11(15)7-10)22(16,20)21/h1-7H,(H2,17,18,19). The molecule has 9 heteroatoms. The van der Waals surface area contributed by atoms with Gasteiger partial charge >= 0.3 is 6.03 Å². The zero-order valence-corrected chi connectivity index (χ0v) is 14.7. The SMILES string of the molecule is O=C(Nc1ccc(Br)cc1)Nc1ccc(S(=O)(=O)Cl)c(Cl)c1. The van der Waals surface area contributed by atoms with Gasteiger partial charge in [0, 0.05) is 26.5 Å². The lowest BCUT2D eigenvalue weighted by Gasteiger charge is -2.09. The fraction of sp³-hybridized carbons (Fsp3) is 0. The number of halogens is 3. The van der Waals surface area contributed by atoms with Gasteiger partial charge in [0.15, 0.2) is 0 Å². The van der Waals surface area contributed by atoms with Crippen molar-refractivity contribution in [2.75, 3.05) is 10.6 Å². The van der Waals surface area contributed by atoms with E-state index >= 15 is 0 Å². The van der Waals surface area contributed by atoms with Gasteiger partial charge in [0.2, 0.25) is 0 Å². The van der Waals surface area contributed by atoms with Gasteiger partial charge in [0.05, 0.1) is 5.02 Å². The van der Waals surface area contributed by atoms with Crippen molar-refractivity contribution in [2.24, 2.45) is 0 Å². The summed E-state index contributed by atoms with van der Waals surface area (Å²) in [5.41, 5.74) is 0.940. The second-order valence-electron chi connectivity index (χ2n) is 4.17. The molecular formula is C13H9BrCl2N2O3S. The molecule has 0 aromatic heterocycles. The molecule has 0 radical (unpaired) electrons. The van der Waals surface area contributed by atoms with Crippen molar-refractivity contribution in [3.05, 3.63) is 52.0 Å². The first kappa shape index (κ1) is 17.1. The number of amides is 2. The highest BCUT2D eigenvalue weighted by Crippen LogP contribution is 2.27. The van der Waals surface area contributed by atoms with Crippen molar-refractivity contribution in [2.45, 2.75) is 4.90 Å². The number of rotatable bonds is 3. The highest BCUT2D eigenvalue weighted by atomic mass is 79.9. The number of carbonyl (C=O) groups is 1. The summed E-state index contributed by atoms with van der Waals surface area (Å²) in [6.45, 7) is 0. The zero-order valence-electron chi connectivity index (χ0n) is 10.8. The molecule has 2 amide bonds. The van der Waals surface area contributed by atoms with Gasteiger partial charge in [-0.2, -0.15) is 0 Å². The van der Waals surface area contributed by atoms with Crippen LogP contribution in [0.3, 0.4) is 0 Å². The average molecular weight is 424 g/mol. The largest absolute Gasteiger partial charge is 0.323 e. The molecule has 0 spiro atoms. The summed E-state index contributed by atoms with van der Waals surface area (Å²) < 4.78 is 23.4. The minimum atomic E-state index is -3.92. The average Bonchev–Trinajstić information content (AvgIpc) is 2.40. The topological polar surface area (TPSA) is 75.3 Å². The molecule has 0 saturated carbocycles. The highest BCUT2D eigenvalue weighted by Gasteiger charge is 2.15. The molecule has 0 unspecified atom stereocenters. The Hall–Kier alpha value is -1.28. The Bertz CT molecular complexity index is 811. The smallest absolute Gasteiger partial charge is 0.308 e. The summed E-state index contributed by atoms with van der Waals surface area (Å²) in [7, 11) is 1.30. The van der Waals surface area contributed by atoms with Crippen LogP contribution in [0, 0.1) is 0 Å². The summed E-state index contributed by atoms with van der Waals surface area (Å²) in [6, 6.07) is 10.4. The Morgan fingerprint density at radius 3 is 2.09 bits per heavy atom. The number of urea groups is 1. The van der Waals surface area contributed by atoms with E-state index in [-0.39, 0.29) is 9.92 Å². The Morgan fingerprint density at radius 2 is 1.55 bits per heavy atom. The molecule has 0 bridgehead atoms. The first-order chi connectivity index (χ1) is 10.3. The van der Waals surface area contributed by atoms with E-state index in [1.54, 1.807) is 24.3 Å². The van der Waals surface area contributed by atoms with Crippen LogP contribution in [0.25, 0.3) is 0 Å². The van der Waals surface area contributed by atoms with Gasteiger partial charge in [-0.3, -0.25) is 0 Å². The lowest BCUT2D eigenvalue weighted by atomic mass is 10.3. The minimum Gasteiger partial charge on any atom is -0.308 e. The van der Waals surface area contributed by atoms with Crippen LogP contribution in [-0.4, -0.2) is 14.4 Å². The Balaban J connectivity index is 2.09. The number of nitrogens with one attached hydrogen (secondary N) is 2. The van der Waals surface area contributed by atoms with Gasteiger partial charge < -0.3 is 10.6 Å². The van der Waals surface area contributed by atoms with E-state index in [0.717, 1.165) is 4.47 Å². The fourth-order valence-corrected chi connectivity index (χ4v) is 3.40. The fourth-order valence-electron chi connectivity index (χ4n) is 1.60. The van der Waals surface area contributed by atoms with Crippen LogP contribution >= 0.6 is 38.2 Å². The van der Waals surface area contributed by atoms with Crippen LogP contribution in [0.2, 0.25) is 5.02 Å². The zero-order chi connectivity index (χ0) is 16.3. The first-order valence-corrected chi connectivity index (χ1v) is 9.31. The summed E-state index contributed by atoms with van der Waals surface area (Å²) in [5.74, 6) is 0. The molecule has 2 aromatic carbocycles. The van der Waals surface area contributed by atoms with Crippen molar-refractivity contribution >= 4 is 64.7 Å². The van der Waals surface area contributed by atoms with E-state index in [4.69, 9.17) is 22.3 Å². The molecule has 0 fully saturated rings. The molecule has 0 heterocycles. The normalized spacial score (nSPS) is 11.0. The molecule has 5 nitrogen and oxygen atoms in total. The molecule has 2 N–H and O–H groups in total. The van der Waals surface area contributed by atoms with E-state index in [1.807, 2.05) is 0 Å². The molecule has 2 aromatic rings. The maximum absolute atomic E-state index is 11.8. The molecular weight excluding hydrogens is 415 g/mol. The predicted molar refractivity (Wildman–Crippen MR) is 91.3 cm³/mol. The van der Waals surface area contributed by atoms with Crippen LogP contribution < -0.4 is 10.6 Å². The summed E-state index contributed by atoms with van der Waals surface area (Å²) in [5, 5.41) is 5.09. The van der Waals surface area contributed by atoms with Crippen molar-refractivity contribution in [1.29, 1.82) is 0 Å². The second kappa shape index (κ2) is 6.87. The molecule has 116 valence electrons. The van der Waals surface area contributed by atoms with E-state index in [2.05, 4.69) is 26.6 Å². The summed E-state index contributed by atoms with van der Waals surface area (Å²) in [6.07, 6.45) is 0. The third-order valence-corrected chi connectivity index (χ3v) is 4.89. The van der Waals surface area contributed by atoms with Crippen LogP contribution in [-0.2, 0) is 9.05 Å². The van der Waals surface area contributed by atoms with Crippen molar-refractivity contribution in [3.63, 3.8) is 0 Å². The molecule has 0 aliphatic heterocycles. The van der Waals surface area contributed by atoms with E-state index in [9.17, 15) is 13.2 Å². The summed E-state index contributed by atoms with van der Waals surface area (Å²) in [4.78, 5) is 11.6. The van der Waals surface area contributed by atoms with Gasteiger partial charge in [-0.15, -0.1) is 0 Å². The highest BCUT2D eigenvalue weighted by molar-refractivity contribution is 9.10. The maximum Gasteiger partial charge on any atom is 0.323 e. The third kappa shape index (κ3) is 4.61. The van der Waals surface area contributed by atoms with Crippen molar-refractivity contribution in [1.82, 2.24) is 0 Å². The van der Waals surface area contributed by atoms with Crippen molar-refractivity contribution < 1.29 is 13.2 Å². The van der Waals surface area contributed by atoms with Crippen LogP contribution in [0.5, 0.6) is 0 Å². The van der Waals surface area contributed by atoms with Gasteiger partial charge in [-0.25, -0.2) is 13.2 Å². The van der Waals surface area contributed by atoms with Crippen LogP contribution in [0.15, 0.2) is 51.8 Å². The predicted octanol–water partition coefficient (Wildman–Crippen LogP) is 4.67. The molecule has 0 atom stereocenters. The molecule has 2 rings (SSSR count). The molecule has 0 saturated heterocycles. The van der Waals surface area contributed by atoms with Gasteiger partial charge in [0.25, 0.3) is 9.05 Å². The Kier molecular flexibility index (Phi) is 5.33. The third-order valence-electron chi connectivity index (χ3n) is 2.55. The lowest BCUT2D eigenvalue weighted by Crippen LogP contribution is -2.19. The van der Waals surface area contributed by atoms with Gasteiger partial charge in [0.1, 0.15) is 4.90 Å². The molecule has 0 aliphatic rings. The Morgan fingerprint density at radius 1 is 1.00 bits per heavy atom. The van der Waals surface area contributed by atoms with Crippen LogP contribution in [0.4, 0.5) is 16.2 Å². The first-order valence-electron chi connectivity index (χ1n) is 5.83. The monoisotopic (exact) mass is 422 g/mol. The van der Waals surface area contributed by atoms with Gasteiger partial charge in [-0.1, -0.05) is 27.5 Å². The van der Waals surface area contributed by atoms with Crippen molar-refractivity contribution in [3.8, 4) is 0 Å². The summed E-state index contributed by atoms with van der Waals surface area (Å²) >= 11 is 9.13. The quantitative estimate of drug-likeness (QED) is 0.704.